The fraction of sp³-hybridized carbons (Fsp3) is 0.429. The molecule has 27 heavy (non-hydrogen) atoms. The van der Waals surface area contributed by atoms with Crippen LogP contribution in [0.5, 0.6) is 11.5 Å². The number of phenols is 1. The molecule has 2 aromatic carbocycles. The molecule has 0 amide bonds. The number of phenolic OH excluding ortho intramolecular Hbond substituents is 1. The Morgan fingerprint density at radius 1 is 1.15 bits per heavy atom. The number of halogens is 2. The van der Waals surface area contributed by atoms with Crippen LogP contribution in [0.25, 0.3) is 0 Å². The fourth-order valence-electron chi connectivity index (χ4n) is 4.01. The van der Waals surface area contributed by atoms with Gasteiger partial charge in [-0.05, 0) is 36.6 Å². The molecular formula is C21H25Cl2NO3. The molecule has 2 aliphatic heterocycles. The van der Waals surface area contributed by atoms with Gasteiger partial charge in [0, 0.05) is 31.6 Å². The number of hydrogen-bond acceptors (Lipinski definition) is 4. The molecular weight excluding hydrogens is 385 g/mol. The molecule has 4 nitrogen and oxygen atoms in total. The molecule has 2 heterocycles. The first kappa shape index (κ1) is 20.3. The standard InChI is InChI=1S/C21H24ClNO3.ClH/c22-20(15-4-2-1-3-5-15)21(25)8-10-23(11-9-21)14-18-13-16-12-17(24)6-7-19(16)26-18;/h1-7,12,18,20,24-25H,8-11,13-14H2;1H/t18?,20-;/m0./s1. The number of hydrogen-bond donors (Lipinski definition) is 2. The van der Waals surface area contributed by atoms with E-state index in [0.717, 1.165) is 42.9 Å². The van der Waals surface area contributed by atoms with Gasteiger partial charge < -0.3 is 14.9 Å². The van der Waals surface area contributed by atoms with Gasteiger partial charge in [0.15, 0.2) is 0 Å². The molecule has 2 atom stereocenters. The van der Waals surface area contributed by atoms with Gasteiger partial charge in [-0.15, -0.1) is 24.0 Å². The van der Waals surface area contributed by atoms with Crippen molar-refractivity contribution in [3.8, 4) is 11.5 Å². The molecule has 0 spiro atoms. The summed E-state index contributed by atoms with van der Waals surface area (Å²) in [7, 11) is 0. The highest BCUT2D eigenvalue weighted by atomic mass is 35.5. The number of aromatic hydroxyl groups is 1. The number of alkyl halides is 1. The molecule has 6 heteroatoms. The average molecular weight is 410 g/mol. The van der Waals surface area contributed by atoms with Crippen LogP contribution in [0.1, 0.15) is 29.3 Å². The Hall–Kier alpha value is -1.46. The maximum Gasteiger partial charge on any atom is 0.123 e. The third-order valence-electron chi connectivity index (χ3n) is 5.53. The number of benzene rings is 2. The minimum atomic E-state index is -0.870. The molecule has 0 saturated carbocycles. The third-order valence-corrected chi connectivity index (χ3v) is 6.19. The minimum absolute atomic E-state index is 0. The second-order valence-electron chi connectivity index (χ2n) is 7.41. The molecule has 0 aliphatic carbocycles. The van der Waals surface area contributed by atoms with E-state index in [-0.39, 0.29) is 29.6 Å². The number of likely N-dealkylation sites (tertiary alicyclic amines) is 1. The number of piperidine rings is 1. The molecule has 2 N–H and O–H groups in total. The van der Waals surface area contributed by atoms with E-state index >= 15 is 0 Å². The summed E-state index contributed by atoms with van der Waals surface area (Å²) < 4.78 is 5.99. The van der Waals surface area contributed by atoms with Crippen LogP contribution in [0, 0.1) is 0 Å². The Morgan fingerprint density at radius 2 is 1.85 bits per heavy atom. The van der Waals surface area contributed by atoms with Crippen LogP contribution in [0.4, 0.5) is 0 Å². The van der Waals surface area contributed by atoms with Gasteiger partial charge in [-0.2, -0.15) is 0 Å². The summed E-state index contributed by atoms with van der Waals surface area (Å²) >= 11 is 6.60. The monoisotopic (exact) mass is 409 g/mol. The Balaban J connectivity index is 0.00000210. The number of aliphatic hydroxyl groups is 1. The van der Waals surface area contributed by atoms with Gasteiger partial charge in [0.05, 0.1) is 11.0 Å². The number of nitrogens with zero attached hydrogens (tertiary/aromatic N) is 1. The van der Waals surface area contributed by atoms with Gasteiger partial charge in [-0.1, -0.05) is 30.3 Å². The summed E-state index contributed by atoms with van der Waals surface area (Å²) in [5.41, 5.74) is 1.16. The molecule has 0 aromatic heterocycles. The number of fused-ring (bicyclic) bond motifs is 1. The van der Waals surface area contributed by atoms with E-state index in [4.69, 9.17) is 16.3 Å². The van der Waals surface area contributed by atoms with Crippen LogP contribution in [0.2, 0.25) is 0 Å². The predicted octanol–water partition coefficient (Wildman–Crippen LogP) is 3.92. The first-order chi connectivity index (χ1) is 12.5. The Morgan fingerprint density at radius 3 is 2.56 bits per heavy atom. The van der Waals surface area contributed by atoms with Crippen LogP contribution in [0.15, 0.2) is 48.5 Å². The van der Waals surface area contributed by atoms with Crippen molar-refractivity contribution in [3.05, 3.63) is 59.7 Å². The van der Waals surface area contributed by atoms with E-state index in [9.17, 15) is 10.2 Å². The molecule has 0 radical (unpaired) electrons. The number of ether oxygens (including phenoxy) is 1. The summed E-state index contributed by atoms with van der Waals surface area (Å²) in [6.45, 7) is 2.42. The van der Waals surface area contributed by atoms with E-state index in [1.165, 1.54) is 0 Å². The second-order valence-corrected chi connectivity index (χ2v) is 7.85. The molecule has 146 valence electrons. The molecule has 2 aromatic rings. The van der Waals surface area contributed by atoms with E-state index in [1.807, 2.05) is 36.4 Å². The topological polar surface area (TPSA) is 52.9 Å². The van der Waals surface area contributed by atoms with Gasteiger partial charge in [-0.25, -0.2) is 0 Å². The summed E-state index contributed by atoms with van der Waals surface area (Å²) in [4.78, 5) is 2.33. The highest BCUT2D eigenvalue weighted by Gasteiger charge is 2.40. The van der Waals surface area contributed by atoms with Crippen LogP contribution < -0.4 is 4.74 Å². The van der Waals surface area contributed by atoms with Crippen molar-refractivity contribution in [2.24, 2.45) is 0 Å². The van der Waals surface area contributed by atoms with Crippen LogP contribution >= 0.6 is 24.0 Å². The molecule has 1 unspecified atom stereocenters. The molecule has 4 rings (SSSR count). The largest absolute Gasteiger partial charge is 0.508 e. The van der Waals surface area contributed by atoms with Gasteiger partial charge in [0.25, 0.3) is 0 Å². The molecule has 2 aliphatic rings. The van der Waals surface area contributed by atoms with Crippen molar-refractivity contribution >= 4 is 24.0 Å². The summed E-state index contributed by atoms with van der Waals surface area (Å²) in [6, 6.07) is 15.1. The van der Waals surface area contributed by atoms with E-state index in [1.54, 1.807) is 12.1 Å². The van der Waals surface area contributed by atoms with Crippen LogP contribution in [0.3, 0.4) is 0 Å². The van der Waals surface area contributed by atoms with Gasteiger partial charge >= 0.3 is 0 Å². The quantitative estimate of drug-likeness (QED) is 0.751. The Kier molecular flexibility index (Phi) is 6.21. The van der Waals surface area contributed by atoms with Gasteiger partial charge in [0.2, 0.25) is 0 Å². The normalized spacial score (nSPS) is 22.4. The lowest BCUT2D eigenvalue weighted by Gasteiger charge is -2.41. The zero-order valence-electron chi connectivity index (χ0n) is 15.1. The second kappa shape index (κ2) is 8.27. The molecule has 0 bridgehead atoms. The Labute approximate surface area is 171 Å². The maximum absolute atomic E-state index is 11.0. The van der Waals surface area contributed by atoms with Crippen LogP contribution in [-0.2, 0) is 6.42 Å². The Bertz CT molecular complexity index is 763. The summed E-state index contributed by atoms with van der Waals surface area (Å²) in [5, 5.41) is 20.2. The smallest absolute Gasteiger partial charge is 0.123 e. The minimum Gasteiger partial charge on any atom is -0.508 e. The van der Waals surface area contributed by atoms with Crippen molar-refractivity contribution in [1.29, 1.82) is 0 Å². The molecule has 1 saturated heterocycles. The van der Waals surface area contributed by atoms with Crippen molar-refractivity contribution in [2.45, 2.75) is 36.3 Å². The predicted molar refractivity (Wildman–Crippen MR) is 109 cm³/mol. The SMILES string of the molecule is Cl.Oc1ccc2c(c1)CC(CN1CCC(O)([C@@H](Cl)c3ccccc3)CC1)O2. The van der Waals surface area contributed by atoms with Crippen LogP contribution in [-0.4, -0.2) is 46.5 Å². The maximum atomic E-state index is 11.0. The first-order valence-electron chi connectivity index (χ1n) is 9.16. The zero-order valence-corrected chi connectivity index (χ0v) is 16.6. The lowest BCUT2D eigenvalue weighted by atomic mass is 9.84. The highest BCUT2D eigenvalue weighted by Crippen LogP contribution is 2.40. The van der Waals surface area contributed by atoms with Gasteiger partial charge in [-0.3, -0.25) is 4.90 Å². The van der Waals surface area contributed by atoms with Crippen molar-refractivity contribution in [3.63, 3.8) is 0 Å². The summed E-state index contributed by atoms with van der Waals surface area (Å²) in [5.74, 6) is 1.15. The van der Waals surface area contributed by atoms with Gasteiger partial charge in [0.1, 0.15) is 17.6 Å². The number of rotatable bonds is 4. The lowest BCUT2D eigenvalue weighted by molar-refractivity contribution is -0.0303. The average Bonchev–Trinajstić information content (AvgIpc) is 3.05. The van der Waals surface area contributed by atoms with Crippen molar-refractivity contribution < 1.29 is 14.9 Å². The van der Waals surface area contributed by atoms with E-state index in [2.05, 4.69) is 4.90 Å². The molecule has 1 fully saturated rings. The third kappa shape index (κ3) is 4.35. The van der Waals surface area contributed by atoms with Crippen molar-refractivity contribution in [2.75, 3.05) is 19.6 Å². The fourth-order valence-corrected chi connectivity index (χ4v) is 4.37. The first-order valence-corrected chi connectivity index (χ1v) is 9.59. The lowest BCUT2D eigenvalue weighted by Crippen LogP contribution is -2.49. The van der Waals surface area contributed by atoms with E-state index in [0.29, 0.717) is 12.8 Å². The van der Waals surface area contributed by atoms with Crippen molar-refractivity contribution in [1.82, 2.24) is 4.90 Å². The highest BCUT2D eigenvalue weighted by molar-refractivity contribution is 6.21. The summed E-state index contributed by atoms with van der Waals surface area (Å²) in [6.07, 6.45) is 2.21. The van der Waals surface area contributed by atoms with E-state index < -0.39 is 5.60 Å². The zero-order chi connectivity index (χ0) is 18.1.